The second kappa shape index (κ2) is 13.1. The summed E-state index contributed by atoms with van der Waals surface area (Å²) in [7, 11) is 0. The van der Waals surface area contributed by atoms with Gasteiger partial charge in [0.15, 0.2) is 0 Å². The highest BCUT2D eigenvalue weighted by Gasteiger charge is 2.27. The normalized spacial score (nSPS) is 12.4. The first-order valence-corrected chi connectivity index (χ1v) is 21.7. The van der Waals surface area contributed by atoms with E-state index >= 15 is 0 Å². The van der Waals surface area contributed by atoms with Crippen LogP contribution in [0.1, 0.15) is 11.1 Å². The van der Waals surface area contributed by atoms with E-state index in [0.29, 0.717) is 5.95 Å². The number of rotatable bonds is 4. The van der Waals surface area contributed by atoms with Gasteiger partial charge in [0.1, 0.15) is 0 Å². The molecule has 0 atom stereocenters. The number of nitrogens with zero attached hydrogens (tertiary/aromatic N) is 4. The van der Waals surface area contributed by atoms with Crippen molar-refractivity contribution >= 4 is 75.9 Å². The smallest absolute Gasteiger partial charge is 0.235 e. The van der Waals surface area contributed by atoms with Crippen molar-refractivity contribution in [1.82, 2.24) is 19.1 Å². The molecule has 0 spiro atoms. The number of aromatic nitrogens is 4. The highest BCUT2D eigenvalue weighted by atomic mass is 15.2. The minimum absolute atomic E-state index is 0.687. The maximum absolute atomic E-state index is 5.41. The van der Waals surface area contributed by atoms with Crippen molar-refractivity contribution in [1.29, 1.82) is 0 Å². The average molecular weight is 801 g/mol. The van der Waals surface area contributed by atoms with E-state index in [1.165, 1.54) is 92.7 Å². The Labute approximate surface area is 362 Å². The largest absolute Gasteiger partial charge is 0.309 e. The summed E-state index contributed by atoms with van der Waals surface area (Å²) in [6.07, 6.45) is 0.826. The minimum Gasteiger partial charge on any atom is -0.309 e. The molecule has 0 aliphatic heterocycles. The van der Waals surface area contributed by atoms with Gasteiger partial charge in [-0.15, -0.1) is 0 Å². The van der Waals surface area contributed by atoms with Gasteiger partial charge in [-0.1, -0.05) is 158 Å². The zero-order chi connectivity index (χ0) is 41.2. The second-order valence-electron chi connectivity index (χ2n) is 16.9. The molecule has 0 saturated carbocycles. The van der Waals surface area contributed by atoms with Crippen LogP contribution in [0.3, 0.4) is 0 Å². The summed E-state index contributed by atoms with van der Waals surface area (Å²) in [5, 5.41) is 12.5. The predicted octanol–water partition coefficient (Wildman–Crippen LogP) is 15.0. The third-order valence-corrected chi connectivity index (χ3v) is 13.5. The third kappa shape index (κ3) is 4.98. The van der Waals surface area contributed by atoms with Crippen LogP contribution in [0.2, 0.25) is 0 Å². The predicted molar refractivity (Wildman–Crippen MR) is 262 cm³/mol. The molecule has 0 amide bonds. The van der Waals surface area contributed by atoms with E-state index in [1.807, 2.05) is 0 Å². The molecular formula is C59H36N4. The highest BCUT2D eigenvalue weighted by molar-refractivity contribution is 6.25. The SMILES string of the molecule is c1ccc(-c2nc(-n3c4ccccc4c4cc(-c5ccc6c(c5)c5ccccc5n6-c5ccc6c7ccccc7c7ccccc7c6c5)ccc43)nc3c2Cc2ccccc2-3)cc1. The van der Waals surface area contributed by atoms with Crippen LogP contribution in [0.15, 0.2) is 206 Å². The molecule has 0 unspecified atom stereocenters. The molecule has 3 heterocycles. The Kier molecular flexibility index (Phi) is 7.14. The molecule has 1 aliphatic rings. The van der Waals surface area contributed by atoms with Crippen molar-refractivity contribution in [3.05, 3.63) is 217 Å². The van der Waals surface area contributed by atoms with Crippen molar-refractivity contribution in [3.63, 3.8) is 0 Å². The Morgan fingerprint density at radius 1 is 0.317 bits per heavy atom. The molecule has 10 aromatic carbocycles. The Hall–Kier alpha value is -8.34. The molecule has 0 bridgehead atoms. The summed E-state index contributed by atoms with van der Waals surface area (Å²) < 4.78 is 4.70. The molecule has 4 nitrogen and oxygen atoms in total. The van der Waals surface area contributed by atoms with Crippen LogP contribution in [-0.2, 0) is 6.42 Å². The fourth-order valence-corrected chi connectivity index (χ4v) is 10.7. The van der Waals surface area contributed by atoms with Crippen molar-refractivity contribution in [2.45, 2.75) is 6.42 Å². The highest BCUT2D eigenvalue weighted by Crippen LogP contribution is 2.43. The van der Waals surface area contributed by atoms with Crippen LogP contribution in [-0.4, -0.2) is 19.1 Å². The van der Waals surface area contributed by atoms with Gasteiger partial charge in [-0.25, -0.2) is 9.97 Å². The molecular weight excluding hydrogens is 765 g/mol. The van der Waals surface area contributed by atoms with Gasteiger partial charge in [-0.2, -0.15) is 0 Å². The zero-order valence-corrected chi connectivity index (χ0v) is 34.1. The summed E-state index contributed by atoms with van der Waals surface area (Å²) in [5.74, 6) is 0.687. The first-order chi connectivity index (χ1) is 31.2. The topological polar surface area (TPSA) is 35.6 Å². The van der Waals surface area contributed by atoms with Gasteiger partial charge in [-0.3, -0.25) is 4.57 Å². The minimum atomic E-state index is 0.687. The van der Waals surface area contributed by atoms with Crippen molar-refractivity contribution < 1.29 is 0 Å². The van der Waals surface area contributed by atoms with E-state index in [4.69, 9.17) is 9.97 Å². The first kappa shape index (κ1) is 34.4. The number of hydrogen-bond acceptors (Lipinski definition) is 2. The lowest BCUT2D eigenvalue weighted by molar-refractivity contribution is 0.985. The van der Waals surface area contributed by atoms with E-state index in [0.717, 1.165) is 40.1 Å². The second-order valence-corrected chi connectivity index (χ2v) is 16.9. The fraction of sp³-hybridized carbons (Fsp3) is 0.0169. The summed E-state index contributed by atoms with van der Waals surface area (Å²) in [4.78, 5) is 10.8. The molecule has 292 valence electrons. The Balaban J connectivity index is 0.942. The molecule has 13 aromatic rings. The summed E-state index contributed by atoms with van der Waals surface area (Å²) in [5.41, 5.74) is 14.8. The molecule has 63 heavy (non-hydrogen) atoms. The van der Waals surface area contributed by atoms with Gasteiger partial charge in [-0.05, 0) is 97.5 Å². The fourth-order valence-electron chi connectivity index (χ4n) is 10.7. The molecule has 14 rings (SSSR count). The summed E-state index contributed by atoms with van der Waals surface area (Å²) in [6, 6.07) is 75.2. The average Bonchev–Trinajstić information content (AvgIpc) is 4.01. The zero-order valence-electron chi connectivity index (χ0n) is 34.1. The van der Waals surface area contributed by atoms with Crippen LogP contribution in [0.25, 0.3) is 121 Å². The number of para-hydroxylation sites is 2. The maximum atomic E-state index is 5.41. The standard InChI is InChI=1S/C59H36N4/c1-2-14-36(15-3-1)57-52-34-39-16-4-5-17-41(39)58(52)61-59(60-57)63-54-25-13-11-23-48(54)51-33-38(27-31-56(51)63)37-26-30-55-50(32-37)47-22-10-12-24-53(47)62(55)40-28-29-46-44-20-7-6-18-42(44)43-19-8-9-21-45(43)49(46)35-40/h1-33,35H,34H2. The van der Waals surface area contributed by atoms with Crippen molar-refractivity contribution in [2.75, 3.05) is 0 Å². The van der Waals surface area contributed by atoms with Crippen LogP contribution in [0.4, 0.5) is 0 Å². The van der Waals surface area contributed by atoms with Gasteiger partial charge in [0.05, 0.1) is 33.5 Å². The first-order valence-electron chi connectivity index (χ1n) is 21.7. The molecule has 3 aromatic heterocycles. The molecule has 0 fully saturated rings. The van der Waals surface area contributed by atoms with E-state index in [9.17, 15) is 0 Å². The monoisotopic (exact) mass is 800 g/mol. The lowest BCUT2D eigenvalue weighted by Gasteiger charge is -2.14. The van der Waals surface area contributed by atoms with E-state index < -0.39 is 0 Å². The number of fused-ring (bicyclic) bond motifs is 15. The maximum Gasteiger partial charge on any atom is 0.235 e. The van der Waals surface area contributed by atoms with E-state index in [2.05, 4.69) is 215 Å². The van der Waals surface area contributed by atoms with Crippen LogP contribution >= 0.6 is 0 Å². The molecule has 0 radical (unpaired) electrons. The lowest BCUT2D eigenvalue weighted by Crippen LogP contribution is -2.05. The molecule has 0 saturated heterocycles. The van der Waals surface area contributed by atoms with Gasteiger partial charge in [0.25, 0.3) is 0 Å². The van der Waals surface area contributed by atoms with Crippen molar-refractivity contribution in [2.24, 2.45) is 0 Å². The van der Waals surface area contributed by atoms with Crippen molar-refractivity contribution in [3.8, 4) is 45.3 Å². The summed E-state index contributed by atoms with van der Waals surface area (Å²) in [6.45, 7) is 0. The van der Waals surface area contributed by atoms with Gasteiger partial charge >= 0.3 is 0 Å². The van der Waals surface area contributed by atoms with E-state index in [1.54, 1.807) is 0 Å². The Morgan fingerprint density at radius 2 is 0.810 bits per heavy atom. The quantitative estimate of drug-likeness (QED) is 0.166. The Bertz CT molecular complexity index is 4020. The molecule has 1 aliphatic carbocycles. The van der Waals surface area contributed by atoms with Crippen LogP contribution in [0.5, 0.6) is 0 Å². The van der Waals surface area contributed by atoms with Crippen LogP contribution in [0, 0.1) is 0 Å². The Morgan fingerprint density at radius 3 is 1.48 bits per heavy atom. The third-order valence-electron chi connectivity index (χ3n) is 13.5. The van der Waals surface area contributed by atoms with Gasteiger partial charge in [0, 0.05) is 50.3 Å². The number of benzene rings is 10. The van der Waals surface area contributed by atoms with Gasteiger partial charge in [0.2, 0.25) is 5.95 Å². The molecule has 4 heteroatoms. The van der Waals surface area contributed by atoms with Gasteiger partial charge < -0.3 is 4.57 Å². The number of hydrogen-bond donors (Lipinski definition) is 0. The molecule has 0 N–H and O–H groups in total. The lowest BCUT2D eigenvalue weighted by atomic mass is 9.94. The summed E-state index contributed by atoms with van der Waals surface area (Å²) >= 11 is 0. The van der Waals surface area contributed by atoms with Crippen LogP contribution < -0.4 is 0 Å². The van der Waals surface area contributed by atoms with E-state index in [-0.39, 0.29) is 0 Å².